The molecule has 8 aliphatic rings. The van der Waals surface area contributed by atoms with Crippen LogP contribution >= 0.6 is 0 Å². The third kappa shape index (κ3) is 8.97. The molecule has 2 spiro atoms. The topological polar surface area (TPSA) is 86.7 Å². The molecule has 0 aromatic carbocycles. The molecule has 374 valence electrons. The minimum atomic E-state index is -0.420. The number of quaternary nitrogens is 2. The molecule has 8 saturated carbocycles. The number of hydrogen-bond donors (Lipinski definition) is 0. The van der Waals surface area contributed by atoms with Crippen LogP contribution in [0.15, 0.2) is 0 Å². The van der Waals surface area contributed by atoms with Crippen LogP contribution in [-0.4, -0.2) is 100 Å². The van der Waals surface area contributed by atoms with Crippen LogP contribution in [0.3, 0.4) is 0 Å². The van der Waals surface area contributed by atoms with Crippen molar-refractivity contribution in [1.82, 2.24) is 0 Å². The molecule has 0 aromatic rings. The first-order chi connectivity index (χ1) is 30.9. The van der Waals surface area contributed by atoms with Gasteiger partial charge in [0.05, 0.1) is 52.1 Å². The van der Waals surface area contributed by atoms with E-state index in [1.165, 1.54) is 64.2 Å². The maximum atomic E-state index is 14.0. The molecule has 66 heavy (non-hydrogen) atoms. The van der Waals surface area contributed by atoms with Gasteiger partial charge in [0.15, 0.2) is 0 Å². The van der Waals surface area contributed by atoms with Gasteiger partial charge in [-0.15, -0.1) is 0 Å². The summed E-state index contributed by atoms with van der Waals surface area (Å²) in [5, 5.41) is 0. The Morgan fingerprint density at radius 3 is 1.20 bits per heavy atom. The number of carbonyl (C=O) groups is 4. The van der Waals surface area contributed by atoms with E-state index in [0.29, 0.717) is 48.5 Å². The molecule has 8 heteroatoms. The number of ketones is 2. The molecule has 0 aromatic heterocycles. The van der Waals surface area contributed by atoms with Crippen LogP contribution in [0.4, 0.5) is 0 Å². The number of likely N-dealkylation sites (N-methyl/N-ethyl adjacent to an activating group) is 2. The largest absolute Gasteiger partial charge is 0.459 e. The predicted octanol–water partition coefficient (Wildman–Crippen LogP) is 12.1. The lowest BCUT2D eigenvalue weighted by Gasteiger charge is -2.63. The van der Waals surface area contributed by atoms with Crippen LogP contribution in [0.2, 0.25) is 0 Å². The Bertz CT molecular complexity index is 1710. The number of Topliss-reactive ketones (excluding diaryl/α,β-unsaturated/α-hetero) is 2. The fraction of sp³-hybridized carbons (Fsp3) is 0.931. The van der Waals surface area contributed by atoms with Crippen molar-refractivity contribution in [3.8, 4) is 0 Å². The van der Waals surface area contributed by atoms with Gasteiger partial charge in [0.1, 0.15) is 37.9 Å². The fourth-order valence-electron chi connectivity index (χ4n) is 19.0. The van der Waals surface area contributed by atoms with Crippen LogP contribution in [0.1, 0.15) is 208 Å². The van der Waals surface area contributed by atoms with Gasteiger partial charge >= 0.3 is 11.9 Å². The molecule has 8 nitrogen and oxygen atoms in total. The molecular weight excluding hydrogens is 821 g/mol. The number of ether oxygens (including phenoxy) is 2. The molecule has 0 unspecified atom stereocenters. The molecule has 8 fully saturated rings. The molecule has 0 aliphatic heterocycles. The molecule has 0 radical (unpaired) electrons. The highest BCUT2D eigenvalue weighted by atomic mass is 16.5. The molecule has 0 saturated heterocycles. The van der Waals surface area contributed by atoms with E-state index in [2.05, 4.69) is 69.7 Å². The van der Waals surface area contributed by atoms with E-state index in [-0.39, 0.29) is 44.4 Å². The molecule has 0 heterocycles. The van der Waals surface area contributed by atoms with Gasteiger partial charge in [-0.25, -0.2) is 0 Å². The van der Waals surface area contributed by atoms with E-state index in [0.717, 1.165) is 138 Å². The zero-order valence-electron chi connectivity index (χ0n) is 44.3. The minimum Gasteiger partial charge on any atom is -0.459 e. The Morgan fingerprint density at radius 1 is 0.470 bits per heavy atom. The van der Waals surface area contributed by atoms with Gasteiger partial charge in [-0.2, -0.15) is 0 Å². The average Bonchev–Trinajstić information content (AvgIpc) is 3.54. The fourth-order valence-corrected chi connectivity index (χ4v) is 19.0. The maximum Gasteiger partial charge on any atom is 0.312 e. The highest BCUT2D eigenvalue weighted by molar-refractivity contribution is 5.89. The van der Waals surface area contributed by atoms with Crippen molar-refractivity contribution in [3.05, 3.63) is 0 Å². The summed E-state index contributed by atoms with van der Waals surface area (Å²) in [7, 11) is 9.16. The molecule has 12 atom stereocenters. The molecule has 0 N–H and O–H groups in total. The van der Waals surface area contributed by atoms with Gasteiger partial charge in [0.25, 0.3) is 0 Å². The van der Waals surface area contributed by atoms with Crippen molar-refractivity contribution >= 4 is 23.5 Å². The van der Waals surface area contributed by atoms with Crippen LogP contribution in [-0.2, 0) is 28.7 Å². The summed E-state index contributed by atoms with van der Waals surface area (Å²) in [6, 6.07) is 0. The highest BCUT2D eigenvalue weighted by Crippen LogP contribution is 2.74. The van der Waals surface area contributed by atoms with Crippen molar-refractivity contribution in [2.24, 2.45) is 67.0 Å². The molecule has 4 bridgehead atoms. The number of esters is 2. The van der Waals surface area contributed by atoms with Gasteiger partial charge in [0.2, 0.25) is 0 Å². The second kappa shape index (κ2) is 18.1. The summed E-state index contributed by atoms with van der Waals surface area (Å²) in [5.74, 6) is 2.92. The monoisotopic (exact) mass is 919 g/mol. The lowest BCUT2D eigenvalue weighted by atomic mass is 9.40. The van der Waals surface area contributed by atoms with Crippen molar-refractivity contribution in [2.75, 3.05) is 67.6 Å². The average molecular weight is 919 g/mol. The normalized spacial score (nSPS) is 42.8. The number of carbonyl (C=O) groups excluding carboxylic acids is 4. The number of fused-ring (bicyclic) bond motifs is 6. The Labute approximate surface area is 402 Å². The predicted molar refractivity (Wildman–Crippen MR) is 263 cm³/mol. The Kier molecular flexibility index (Phi) is 13.9. The summed E-state index contributed by atoms with van der Waals surface area (Å²) >= 11 is 0. The van der Waals surface area contributed by atoms with E-state index in [1.54, 1.807) is 0 Å². The van der Waals surface area contributed by atoms with Gasteiger partial charge < -0.3 is 18.4 Å². The quantitative estimate of drug-likeness (QED) is 0.0729. The smallest absolute Gasteiger partial charge is 0.312 e. The van der Waals surface area contributed by atoms with E-state index < -0.39 is 10.8 Å². The van der Waals surface area contributed by atoms with E-state index in [4.69, 9.17) is 9.47 Å². The van der Waals surface area contributed by atoms with E-state index in [1.807, 2.05) is 0 Å². The summed E-state index contributed by atoms with van der Waals surface area (Å²) in [6.07, 6.45) is 29.0. The van der Waals surface area contributed by atoms with Crippen LogP contribution in [0.25, 0.3) is 0 Å². The van der Waals surface area contributed by atoms with Crippen LogP contribution < -0.4 is 0 Å². The van der Waals surface area contributed by atoms with Crippen molar-refractivity contribution in [2.45, 2.75) is 208 Å². The Balaban J connectivity index is 0.672. The first-order valence-electron chi connectivity index (χ1n) is 28.0. The Morgan fingerprint density at radius 2 is 0.818 bits per heavy atom. The minimum absolute atomic E-state index is 0.0380. The molecule has 0 amide bonds. The number of nitrogens with zero attached hydrogens (tertiary/aromatic N) is 2. The third-order valence-electron chi connectivity index (χ3n) is 22.8. The summed E-state index contributed by atoms with van der Waals surface area (Å²) in [4.78, 5) is 54.3. The van der Waals surface area contributed by atoms with E-state index >= 15 is 0 Å². The number of hydrogen-bond acceptors (Lipinski definition) is 6. The number of unbranched alkanes of at least 4 members (excludes halogenated alkanes) is 7. The standard InChI is InChI=1S/C58H98N2O6/c1-51-29-21-45-53(3)25-19-27-55(5,43(53)23-31-57(45,41-51)39-47(51)61)49(63)65-37-35-59(7,8)33-17-15-13-11-12-14-16-18-34-60(9,10)36-38-66-50(64)56(6)28-20-26-54(4)44(56)24-32-58-40-48(62)52(2,42-58)30-22-46(54)58/h43-46H,11-42H2,1-10H3/q+2/t43-,44-,45-,46-,51-,52-,53+,54+,55+,56+,57-,58-/m0/s1. The van der Waals surface area contributed by atoms with E-state index in [9.17, 15) is 19.2 Å². The SMILES string of the molecule is C[C@@]12CC[C@@H]3[C@@](CC[C@H]4[C@@]3(C)CCC[C@@]4(C)C(=O)OCC[N+](C)(C)CCCCCCCCCC[N+](C)(C)CCOC(=O)[C@]3(C)CCC[C@@]4(C)[C@@H]5CC[C@@]6(C)C[C@]5(CC[C@@H]43)CC6=O)(CC1=O)C2. The second-order valence-electron chi connectivity index (χ2n) is 28.2. The summed E-state index contributed by atoms with van der Waals surface area (Å²) in [6.45, 7) is 18.8. The number of rotatable bonds is 19. The van der Waals surface area contributed by atoms with Gasteiger partial charge in [-0.1, -0.05) is 66.2 Å². The molecule has 8 rings (SSSR count). The maximum absolute atomic E-state index is 14.0. The second-order valence-corrected chi connectivity index (χ2v) is 28.2. The van der Waals surface area contributed by atoms with Gasteiger partial charge in [0, 0.05) is 23.7 Å². The Hall–Kier alpha value is -1.80. The zero-order valence-corrected chi connectivity index (χ0v) is 44.3. The molecule has 8 aliphatic carbocycles. The van der Waals surface area contributed by atoms with Crippen molar-refractivity contribution in [1.29, 1.82) is 0 Å². The zero-order chi connectivity index (χ0) is 47.7. The third-order valence-corrected chi connectivity index (χ3v) is 22.8. The summed E-state index contributed by atoms with van der Waals surface area (Å²) in [5.41, 5.74) is -0.439. The van der Waals surface area contributed by atoms with Crippen molar-refractivity contribution in [3.63, 3.8) is 0 Å². The lowest BCUT2D eigenvalue weighted by molar-refractivity contribution is -0.890. The van der Waals surface area contributed by atoms with Crippen LogP contribution in [0, 0.1) is 67.0 Å². The first-order valence-corrected chi connectivity index (χ1v) is 28.0. The summed E-state index contributed by atoms with van der Waals surface area (Å²) < 4.78 is 14.2. The first kappa shape index (κ1) is 50.6. The van der Waals surface area contributed by atoms with Gasteiger partial charge in [-0.3, -0.25) is 19.2 Å². The lowest BCUT2D eigenvalue weighted by Crippen LogP contribution is -2.59. The van der Waals surface area contributed by atoms with Crippen molar-refractivity contribution < 1.29 is 37.6 Å². The highest BCUT2D eigenvalue weighted by Gasteiger charge is 2.70. The van der Waals surface area contributed by atoms with Gasteiger partial charge in [-0.05, 0) is 175 Å². The molecular formula is C58H98N2O6+2. The van der Waals surface area contributed by atoms with Crippen LogP contribution in [0.5, 0.6) is 0 Å².